The Hall–Kier alpha value is -1.13. The number of benzene rings is 1. The molecular formula is C15H23FN2O. The first-order valence-corrected chi connectivity index (χ1v) is 6.86. The quantitative estimate of drug-likeness (QED) is 0.878. The third-order valence-corrected chi connectivity index (χ3v) is 3.65. The number of hydrogen-bond donors (Lipinski definition) is 2. The van der Waals surface area contributed by atoms with Gasteiger partial charge in [0.05, 0.1) is 5.69 Å². The predicted molar refractivity (Wildman–Crippen MR) is 75.9 cm³/mol. The topological polar surface area (TPSA) is 35.5 Å². The SMILES string of the molecule is CC1(C)CNCC(CCO)N(c2ccccc2F)C1. The lowest BCUT2D eigenvalue weighted by Crippen LogP contribution is -2.42. The Labute approximate surface area is 114 Å². The zero-order chi connectivity index (χ0) is 13.9. The van der Waals surface area contributed by atoms with Crippen LogP contribution in [0.25, 0.3) is 0 Å². The van der Waals surface area contributed by atoms with Crippen LogP contribution in [0.4, 0.5) is 10.1 Å². The van der Waals surface area contributed by atoms with Gasteiger partial charge in [0.2, 0.25) is 0 Å². The molecule has 0 aromatic heterocycles. The van der Waals surface area contributed by atoms with Crippen LogP contribution in [0.2, 0.25) is 0 Å². The van der Waals surface area contributed by atoms with Crippen LogP contribution in [0.5, 0.6) is 0 Å². The smallest absolute Gasteiger partial charge is 0.146 e. The molecule has 0 spiro atoms. The fourth-order valence-corrected chi connectivity index (χ4v) is 2.71. The van der Waals surface area contributed by atoms with E-state index in [4.69, 9.17) is 0 Å². The van der Waals surface area contributed by atoms with Crippen LogP contribution in [-0.2, 0) is 0 Å². The summed E-state index contributed by atoms with van der Waals surface area (Å²) in [5.41, 5.74) is 0.713. The number of anilines is 1. The normalized spacial score (nSPS) is 23.2. The first kappa shape index (κ1) is 14.3. The summed E-state index contributed by atoms with van der Waals surface area (Å²) in [6, 6.07) is 7.02. The van der Waals surface area contributed by atoms with Gasteiger partial charge in [0.25, 0.3) is 0 Å². The molecule has 0 saturated carbocycles. The zero-order valence-corrected chi connectivity index (χ0v) is 11.7. The third kappa shape index (κ3) is 3.45. The van der Waals surface area contributed by atoms with Crippen LogP contribution in [0, 0.1) is 11.2 Å². The van der Waals surface area contributed by atoms with E-state index in [1.807, 2.05) is 12.1 Å². The number of nitrogens with one attached hydrogen (secondary N) is 1. The second kappa shape index (κ2) is 5.88. The van der Waals surface area contributed by atoms with Gasteiger partial charge in [-0.2, -0.15) is 0 Å². The van der Waals surface area contributed by atoms with Gasteiger partial charge in [-0.3, -0.25) is 0 Å². The number of hydrogen-bond acceptors (Lipinski definition) is 3. The largest absolute Gasteiger partial charge is 0.396 e. The van der Waals surface area contributed by atoms with Gasteiger partial charge in [0.1, 0.15) is 5.82 Å². The number of aliphatic hydroxyl groups excluding tert-OH is 1. The highest BCUT2D eigenvalue weighted by molar-refractivity contribution is 5.49. The monoisotopic (exact) mass is 266 g/mol. The van der Waals surface area contributed by atoms with E-state index in [0.717, 1.165) is 19.6 Å². The fraction of sp³-hybridized carbons (Fsp3) is 0.600. The standard InChI is InChI=1S/C15H23FN2O/c1-15(2)10-17-9-12(7-8-19)18(11-15)14-6-4-3-5-13(14)16/h3-6,12,17,19H,7-11H2,1-2H3. The highest BCUT2D eigenvalue weighted by atomic mass is 19.1. The van der Waals surface area contributed by atoms with Crippen LogP contribution in [0.1, 0.15) is 20.3 Å². The first-order valence-electron chi connectivity index (χ1n) is 6.86. The van der Waals surface area contributed by atoms with Gasteiger partial charge in [-0.1, -0.05) is 26.0 Å². The molecule has 1 aliphatic heterocycles. The minimum atomic E-state index is -0.192. The Bertz CT molecular complexity index is 422. The number of para-hydroxylation sites is 1. The van der Waals surface area contributed by atoms with Crippen molar-refractivity contribution in [3.8, 4) is 0 Å². The Morgan fingerprint density at radius 1 is 1.42 bits per heavy atom. The van der Waals surface area contributed by atoms with Gasteiger partial charge in [-0.15, -0.1) is 0 Å². The minimum Gasteiger partial charge on any atom is -0.396 e. The van der Waals surface area contributed by atoms with Crippen molar-refractivity contribution in [3.63, 3.8) is 0 Å². The van der Waals surface area contributed by atoms with Crippen molar-refractivity contribution in [1.29, 1.82) is 0 Å². The van der Waals surface area contributed by atoms with Gasteiger partial charge < -0.3 is 15.3 Å². The van der Waals surface area contributed by atoms with Crippen LogP contribution in [-0.4, -0.2) is 37.4 Å². The molecule has 1 fully saturated rings. The Morgan fingerprint density at radius 3 is 2.84 bits per heavy atom. The van der Waals surface area contributed by atoms with Crippen LogP contribution in [0.3, 0.4) is 0 Å². The van der Waals surface area contributed by atoms with E-state index in [-0.39, 0.29) is 23.9 Å². The molecule has 1 heterocycles. The molecular weight excluding hydrogens is 243 g/mol. The summed E-state index contributed by atoms with van der Waals surface area (Å²) in [7, 11) is 0. The summed E-state index contributed by atoms with van der Waals surface area (Å²) < 4.78 is 14.0. The molecule has 106 valence electrons. The molecule has 0 radical (unpaired) electrons. The molecule has 1 unspecified atom stereocenters. The van der Waals surface area contributed by atoms with E-state index in [0.29, 0.717) is 12.1 Å². The highest BCUT2D eigenvalue weighted by Gasteiger charge is 2.31. The van der Waals surface area contributed by atoms with Crippen molar-refractivity contribution < 1.29 is 9.50 Å². The molecule has 1 atom stereocenters. The summed E-state index contributed by atoms with van der Waals surface area (Å²) >= 11 is 0. The molecule has 0 amide bonds. The molecule has 4 heteroatoms. The van der Waals surface area contributed by atoms with Gasteiger partial charge >= 0.3 is 0 Å². The molecule has 19 heavy (non-hydrogen) atoms. The summed E-state index contributed by atoms with van der Waals surface area (Å²) in [6.45, 7) is 6.94. The average molecular weight is 266 g/mol. The molecule has 3 nitrogen and oxygen atoms in total. The molecule has 1 saturated heterocycles. The maximum absolute atomic E-state index is 14.0. The Balaban J connectivity index is 2.32. The van der Waals surface area contributed by atoms with E-state index in [2.05, 4.69) is 24.1 Å². The van der Waals surface area contributed by atoms with Gasteiger partial charge in [0, 0.05) is 32.3 Å². The maximum atomic E-state index is 14.0. The summed E-state index contributed by atoms with van der Waals surface area (Å²) in [5, 5.41) is 12.6. The van der Waals surface area contributed by atoms with E-state index >= 15 is 0 Å². The summed E-state index contributed by atoms with van der Waals surface area (Å²) in [5.74, 6) is -0.192. The molecule has 0 bridgehead atoms. The lowest BCUT2D eigenvalue weighted by Gasteiger charge is -2.35. The number of halogens is 1. The van der Waals surface area contributed by atoms with Crippen molar-refractivity contribution in [2.24, 2.45) is 5.41 Å². The van der Waals surface area contributed by atoms with Gasteiger partial charge in [0.15, 0.2) is 0 Å². The highest BCUT2D eigenvalue weighted by Crippen LogP contribution is 2.28. The van der Waals surface area contributed by atoms with E-state index in [1.54, 1.807) is 6.07 Å². The maximum Gasteiger partial charge on any atom is 0.146 e. The average Bonchev–Trinajstić information content (AvgIpc) is 2.49. The molecule has 2 N–H and O–H groups in total. The predicted octanol–water partition coefficient (Wildman–Crippen LogP) is 2.01. The minimum absolute atomic E-state index is 0.0759. The molecule has 0 aliphatic carbocycles. The van der Waals surface area contributed by atoms with Crippen LogP contribution >= 0.6 is 0 Å². The number of aliphatic hydroxyl groups is 1. The number of nitrogens with zero attached hydrogens (tertiary/aromatic N) is 1. The van der Waals surface area contributed by atoms with Crippen molar-refractivity contribution in [2.75, 3.05) is 31.1 Å². The van der Waals surface area contributed by atoms with Crippen molar-refractivity contribution in [1.82, 2.24) is 5.32 Å². The van der Waals surface area contributed by atoms with E-state index in [9.17, 15) is 9.50 Å². The molecule has 1 aromatic rings. The third-order valence-electron chi connectivity index (χ3n) is 3.65. The van der Waals surface area contributed by atoms with Crippen molar-refractivity contribution in [3.05, 3.63) is 30.1 Å². The second-order valence-electron chi connectivity index (χ2n) is 6.04. The summed E-state index contributed by atoms with van der Waals surface area (Å²) in [6.07, 6.45) is 0.650. The molecule has 2 rings (SSSR count). The fourth-order valence-electron chi connectivity index (χ4n) is 2.71. The van der Waals surface area contributed by atoms with E-state index < -0.39 is 0 Å². The Kier molecular flexibility index (Phi) is 4.42. The zero-order valence-electron chi connectivity index (χ0n) is 11.7. The van der Waals surface area contributed by atoms with Crippen molar-refractivity contribution in [2.45, 2.75) is 26.3 Å². The van der Waals surface area contributed by atoms with Crippen molar-refractivity contribution >= 4 is 5.69 Å². The Morgan fingerprint density at radius 2 is 2.16 bits per heavy atom. The molecule has 1 aromatic carbocycles. The number of rotatable bonds is 3. The first-order chi connectivity index (χ1) is 9.03. The summed E-state index contributed by atoms with van der Waals surface area (Å²) in [4.78, 5) is 2.10. The lowest BCUT2D eigenvalue weighted by molar-refractivity contribution is 0.271. The molecule has 1 aliphatic rings. The van der Waals surface area contributed by atoms with Crippen LogP contribution < -0.4 is 10.2 Å². The lowest BCUT2D eigenvalue weighted by atomic mass is 9.92. The van der Waals surface area contributed by atoms with Crippen LogP contribution in [0.15, 0.2) is 24.3 Å². The van der Waals surface area contributed by atoms with Gasteiger partial charge in [-0.05, 0) is 24.0 Å². The van der Waals surface area contributed by atoms with Gasteiger partial charge in [-0.25, -0.2) is 4.39 Å². The second-order valence-corrected chi connectivity index (χ2v) is 6.04. The van der Waals surface area contributed by atoms with E-state index in [1.165, 1.54) is 6.07 Å².